The van der Waals surface area contributed by atoms with Crippen molar-refractivity contribution in [1.29, 1.82) is 0 Å². The van der Waals surface area contributed by atoms with Crippen LogP contribution in [0.4, 0.5) is 0 Å². The summed E-state index contributed by atoms with van der Waals surface area (Å²) in [5.41, 5.74) is 1.67. The minimum absolute atomic E-state index is 0.0301. The summed E-state index contributed by atoms with van der Waals surface area (Å²) in [7, 11) is 0. The van der Waals surface area contributed by atoms with Crippen molar-refractivity contribution in [1.82, 2.24) is 4.90 Å². The van der Waals surface area contributed by atoms with E-state index >= 15 is 0 Å². The monoisotopic (exact) mass is 401 g/mol. The average Bonchev–Trinajstić information content (AvgIpc) is 2.86. The van der Waals surface area contributed by atoms with E-state index in [9.17, 15) is 9.90 Å². The minimum atomic E-state index is -0.0721. The van der Waals surface area contributed by atoms with Crippen molar-refractivity contribution >= 4 is 39.8 Å². The second kappa shape index (κ2) is 6.58. The maximum Gasteiger partial charge on any atom is 0.255 e. The number of halogens is 1. The van der Waals surface area contributed by atoms with Crippen LogP contribution in [-0.4, -0.2) is 22.5 Å². The Morgan fingerprint density at radius 3 is 2.75 bits per heavy atom. The standard InChI is InChI=1S/C15H16INO2S/c1-3-17(15(19)12-8-14(16)20-9-12)10(2)11-5-4-6-13(18)7-11/h4-10,18H,3H2,1-2H3. The fraction of sp³-hybridized carbons (Fsp3) is 0.267. The third kappa shape index (κ3) is 3.32. The molecule has 1 atom stereocenters. The molecule has 0 aliphatic heterocycles. The maximum atomic E-state index is 12.6. The summed E-state index contributed by atoms with van der Waals surface area (Å²) in [6, 6.07) is 8.90. The Bertz CT molecular complexity index is 611. The van der Waals surface area contributed by atoms with E-state index < -0.39 is 0 Å². The number of phenolic OH excluding ortho intramolecular Hbond substituents is 1. The van der Waals surface area contributed by atoms with Gasteiger partial charge in [0.15, 0.2) is 0 Å². The van der Waals surface area contributed by atoms with Gasteiger partial charge in [0, 0.05) is 11.9 Å². The van der Waals surface area contributed by atoms with E-state index in [4.69, 9.17) is 0 Å². The molecule has 2 aromatic rings. The predicted molar refractivity (Wildman–Crippen MR) is 90.3 cm³/mol. The average molecular weight is 401 g/mol. The summed E-state index contributed by atoms with van der Waals surface area (Å²) in [5, 5.41) is 11.5. The quantitative estimate of drug-likeness (QED) is 0.777. The van der Waals surface area contributed by atoms with Crippen molar-refractivity contribution in [2.45, 2.75) is 19.9 Å². The lowest BCUT2D eigenvalue weighted by molar-refractivity contribution is 0.0702. The molecule has 0 aliphatic carbocycles. The van der Waals surface area contributed by atoms with Gasteiger partial charge in [-0.25, -0.2) is 0 Å². The van der Waals surface area contributed by atoms with Gasteiger partial charge in [-0.3, -0.25) is 4.79 Å². The van der Waals surface area contributed by atoms with Crippen molar-refractivity contribution < 1.29 is 9.90 Å². The third-order valence-corrected chi connectivity index (χ3v) is 5.03. The summed E-state index contributed by atoms with van der Waals surface area (Å²) in [6.07, 6.45) is 0. The Morgan fingerprint density at radius 1 is 1.45 bits per heavy atom. The van der Waals surface area contributed by atoms with E-state index in [1.807, 2.05) is 36.3 Å². The number of hydrogen-bond donors (Lipinski definition) is 1. The molecule has 3 nitrogen and oxygen atoms in total. The molecule has 1 aromatic carbocycles. The Hall–Kier alpha value is -1.08. The molecule has 20 heavy (non-hydrogen) atoms. The van der Waals surface area contributed by atoms with Crippen molar-refractivity contribution in [3.05, 3.63) is 49.7 Å². The Balaban J connectivity index is 2.25. The zero-order valence-corrected chi connectivity index (χ0v) is 14.3. The molecule has 1 heterocycles. The van der Waals surface area contributed by atoms with E-state index in [0.29, 0.717) is 6.54 Å². The summed E-state index contributed by atoms with van der Waals surface area (Å²) in [4.78, 5) is 14.4. The second-order valence-corrected chi connectivity index (χ2v) is 7.31. The molecule has 2 rings (SSSR count). The van der Waals surface area contributed by atoms with Crippen molar-refractivity contribution in [2.75, 3.05) is 6.54 Å². The highest BCUT2D eigenvalue weighted by Gasteiger charge is 2.22. The van der Waals surface area contributed by atoms with Crippen LogP contribution < -0.4 is 0 Å². The fourth-order valence-corrected chi connectivity index (χ4v) is 3.47. The number of phenols is 1. The normalized spacial score (nSPS) is 12.2. The molecule has 0 radical (unpaired) electrons. The molecule has 0 saturated heterocycles. The first-order valence-electron chi connectivity index (χ1n) is 6.37. The van der Waals surface area contributed by atoms with Gasteiger partial charge in [-0.1, -0.05) is 12.1 Å². The second-order valence-electron chi connectivity index (χ2n) is 4.50. The van der Waals surface area contributed by atoms with Gasteiger partial charge in [-0.15, -0.1) is 11.3 Å². The first kappa shape index (κ1) is 15.3. The van der Waals surface area contributed by atoms with Crippen molar-refractivity contribution in [3.63, 3.8) is 0 Å². The molecule has 0 aliphatic rings. The summed E-state index contributed by atoms with van der Waals surface area (Å²) in [5.74, 6) is 0.255. The molecule has 0 spiro atoms. The van der Waals surface area contributed by atoms with Crippen LogP contribution in [-0.2, 0) is 0 Å². The molecule has 1 N–H and O–H groups in total. The SMILES string of the molecule is CCN(C(=O)c1csc(I)c1)C(C)c1cccc(O)c1. The van der Waals surface area contributed by atoms with Crippen LogP contribution in [0.25, 0.3) is 0 Å². The van der Waals surface area contributed by atoms with Crippen LogP contribution in [0, 0.1) is 2.88 Å². The van der Waals surface area contributed by atoms with Crippen LogP contribution in [0.3, 0.4) is 0 Å². The molecule has 0 bridgehead atoms. The maximum absolute atomic E-state index is 12.6. The summed E-state index contributed by atoms with van der Waals surface area (Å²) in [6.45, 7) is 4.57. The molecule has 0 saturated carbocycles. The molecule has 1 amide bonds. The first-order chi connectivity index (χ1) is 9.52. The lowest BCUT2D eigenvalue weighted by Crippen LogP contribution is -2.33. The van der Waals surface area contributed by atoms with Gasteiger partial charge in [0.05, 0.1) is 14.5 Å². The topological polar surface area (TPSA) is 40.5 Å². The number of hydrogen-bond acceptors (Lipinski definition) is 3. The zero-order chi connectivity index (χ0) is 14.7. The molecule has 5 heteroatoms. The highest BCUT2D eigenvalue weighted by atomic mass is 127. The Kier molecular flexibility index (Phi) is 5.04. The largest absolute Gasteiger partial charge is 0.508 e. The zero-order valence-electron chi connectivity index (χ0n) is 11.3. The molecule has 1 aromatic heterocycles. The van der Waals surface area contributed by atoms with Gasteiger partial charge in [0.2, 0.25) is 0 Å². The summed E-state index contributed by atoms with van der Waals surface area (Å²) < 4.78 is 1.10. The van der Waals surface area contributed by atoms with E-state index in [2.05, 4.69) is 22.6 Å². The highest BCUT2D eigenvalue weighted by molar-refractivity contribution is 14.1. The fourth-order valence-electron chi connectivity index (χ4n) is 2.15. The predicted octanol–water partition coefficient (Wildman–Crippen LogP) is 4.28. The lowest BCUT2D eigenvalue weighted by Gasteiger charge is -2.28. The van der Waals surface area contributed by atoms with Crippen LogP contribution in [0.5, 0.6) is 5.75 Å². The first-order valence-corrected chi connectivity index (χ1v) is 8.32. The number of carbonyl (C=O) groups excluding carboxylic acids is 1. The van der Waals surface area contributed by atoms with Crippen LogP contribution >= 0.6 is 33.9 Å². The number of rotatable bonds is 4. The van der Waals surface area contributed by atoms with Crippen LogP contribution in [0.1, 0.15) is 35.8 Å². The van der Waals surface area contributed by atoms with E-state index in [1.54, 1.807) is 29.5 Å². The van der Waals surface area contributed by atoms with Gasteiger partial charge < -0.3 is 10.0 Å². The van der Waals surface area contributed by atoms with Crippen molar-refractivity contribution in [2.24, 2.45) is 0 Å². The van der Waals surface area contributed by atoms with E-state index in [0.717, 1.165) is 14.0 Å². The Morgan fingerprint density at radius 2 is 2.20 bits per heavy atom. The number of nitrogens with zero attached hydrogens (tertiary/aromatic N) is 1. The van der Waals surface area contributed by atoms with E-state index in [-0.39, 0.29) is 17.7 Å². The number of amides is 1. The third-order valence-electron chi connectivity index (χ3n) is 3.24. The number of aromatic hydroxyl groups is 1. The Labute approximate surface area is 136 Å². The highest BCUT2D eigenvalue weighted by Crippen LogP contribution is 2.26. The van der Waals surface area contributed by atoms with Gasteiger partial charge in [0.1, 0.15) is 5.75 Å². The number of carbonyl (C=O) groups is 1. The van der Waals surface area contributed by atoms with Crippen molar-refractivity contribution in [3.8, 4) is 5.75 Å². The van der Waals surface area contributed by atoms with Crippen LogP contribution in [0.2, 0.25) is 0 Å². The van der Waals surface area contributed by atoms with Gasteiger partial charge in [-0.2, -0.15) is 0 Å². The molecular weight excluding hydrogens is 385 g/mol. The lowest BCUT2D eigenvalue weighted by atomic mass is 10.1. The minimum Gasteiger partial charge on any atom is -0.508 e. The van der Waals surface area contributed by atoms with Gasteiger partial charge in [-0.05, 0) is 60.2 Å². The molecule has 1 unspecified atom stereocenters. The molecular formula is C15H16INO2S. The number of thiophene rings is 1. The van der Waals surface area contributed by atoms with Gasteiger partial charge in [0.25, 0.3) is 5.91 Å². The van der Waals surface area contributed by atoms with Gasteiger partial charge >= 0.3 is 0 Å². The summed E-state index contributed by atoms with van der Waals surface area (Å²) >= 11 is 3.79. The molecule has 0 fully saturated rings. The molecule has 106 valence electrons. The number of benzene rings is 1. The smallest absolute Gasteiger partial charge is 0.255 e. The van der Waals surface area contributed by atoms with Crippen LogP contribution in [0.15, 0.2) is 35.7 Å². The van der Waals surface area contributed by atoms with E-state index in [1.165, 1.54) is 0 Å².